The minimum Gasteiger partial charge on any atom is -0.481 e. The number of aliphatic hydroxyl groups is 8. The molecule has 2 bridgehead atoms. The molecule has 1 aromatic rings. The van der Waals surface area contributed by atoms with E-state index in [0.717, 1.165) is 31.4 Å². The van der Waals surface area contributed by atoms with Crippen LogP contribution in [0.4, 0.5) is 0 Å². The molecule has 1 spiro atoms. The standard InChI is InChI=1S/C50H78N4O13/c1-44(23-56)14-15-48(43(64)65)16-17-49-10-5-11-50(13-8-29(49)31(48)19-44)46(49,3)12-9-34-45(2,24-57)40(67-42-39(62)38(61)33(58)22-66-42)37(60)30(47(34,50)4)18-27-28(21-55)41(63)54-36(27)26(6-7-35(51)59)32-20-52-25-53-32/h8,20,25-28,30-31,33-40,42,55-62H,5-7,9-19,21-24,51H2,1-4H3,(H,52,53)(H,54,63)(H,64,65). The van der Waals surface area contributed by atoms with Gasteiger partial charge in [0.05, 0.1) is 49.7 Å². The maximum atomic E-state index is 14.1. The molecule has 3 heterocycles. The second-order valence-corrected chi connectivity index (χ2v) is 23.8. The van der Waals surface area contributed by atoms with Crippen LogP contribution in [-0.2, 0) is 19.1 Å². The van der Waals surface area contributed by atoms with Crippen molar-refractivity contribution in [3.05, 3.63) is 29.9 Å². The van der Waals surface area contributed by atoms with Crippen LogP contribution in [0, 0.1) is 67.5 Å². The van der Waals surface area contributed by atoms with Gasteiger partial charge in [0.1, 0.15) is 24.5 Å². The van der Waals surface area contributed by atoms with Crippen molar-refractivity contribution in [2.24, 2.45) is 73.2 Å². The third kappa shape index (κ3) is 6.89. The molecule has 17 heteroatoms. The monoisotopic (exact) mass is 943 g/mol. The fraction of sp³-hybridized carbons (Fsp3) is 0.860. The van der Waals surface area contributed by atoms with Crippen molar-refractivity contribution in [2.75, 3.05) is 26.4 Å². The minimum absolute atomic E-state index is 0.0200. The van der Waals surface area contributed by atoms with Crippen LogP contribution in [0.1, 0.15) is 129 Å². The minimum atomic E-state index is -1.66. The molecule has 6 aliphatic carbocycles. The first-order valence-electron chi connectivity index (χ1n) is 25.2. The molecule has 21 atom stereocenters. The van der Waals surface area contributed by atoms with Gasteiger partial charge in [-0.05, 0) is 134 Å². The molecule has 21 unspecified atom stereocenters. The summed E-state index contributed by atoms with van der Waals surface area (Å²) in [6.07, 6.45) is 4.21. The summed E-state index contributed by atoms with van der Waals surface area (Å²) in [6.45, 7) is 7.49. The number of aliphatic carboxylic acids is 1. The van der Waals surface area contributed by atoms with Gasteiger partial charge in [-0.1, -0.05) is 45.8 Å². The number of allylic oxidation sites excluding steroid dienone is 2. The highest BCUT2D eigenvalue weighted by atomic mass is 16.7. The topological polar surface area (TPSA) is 301 Å². The molecule has 0 aromatic carbocycles. The molecule has 67 heavy (non-hydrogen) atoms. The number of aliphatic hydroxyl groups excluding tert-OH is 8. The summed E-state index contributed by atoms with van der Waals surface area (Å²) in [5.41, 5.74) is 3.24. The van der Waals surface area contributed by atoms with Crippen LogP contribution in [0.25, 0.3) is 0 Å². The number of hydrogen-bond acceptors (Lipinski definition) is 14. The molecule has 9 rings (SSSR count). The van der Waals surface area contributed by atoms with Crippen molar-refractivity contribution >= 4 is 11.9 Å². The molecule has 1 aromatic heterocycles. The van der Waals surface area contributed by atoms with E-state index in [1.54, 1.807) is 12.5 Å². The average Bonchev–Trinajstić information content (AvgIpc) is 3.94. The van der Waals surface area contributed by atoms with E-state index in [2.05, 4.69) is 42.1 Å². The van der Waals surface area contributed by atoms with Crippen molar-refractivity contribution in [3.8, 4) is 0 Å². The number of H-pyrrole nitrogens is 1. The number of nitrogens with two attached hydrogens (primary N) is 1. The fourth-order valence-corrected chi connectivity index (χ4v) is 17.8. The zero-order chi connectivity index (χ0) is 48.3. The van der Waals surface area contributed by atoms with E-state index in [9.17, 15) is 55.5 Å². The molecule has 1 amide bonds. The largest absolute Gasteiger partial charge is 0.481 e. The Labute approximate surface area is 393 Å². The molecule has 5 saturated carbocycles. The normalized spacial score (nSPS) is 50.2. The highest BCUT2D eigenvalue weighted by Gasteiger charge is 2.80. The Morgan fingerprint density at radius 2 is 1.72 bits per heavy atom. The number of nitrogens with zero attached hydrogens (tertiary/aromatic N) is 1. The summed E-state index contributed by atoms with van der Waals surface area (Å²) in [5.74, 6) is -4.16. The number of ether oxygens (including phenoxy) is 2. The number of carbonyl (C=O) groups is 2. The van der Waals surface area contributed by atoms with Crippen LogP contribution in [-0.4, -0.2) is 143 Å². The first-order chi connectivity index (χ1) is 31.7. The number of aromatic amines is 1. The Kier molecular flexibility index (Phi) is 12.8. The van der Waals surface area contributed by atoms with Gasteiger partial charge in [-0.25, -0.2) is 4.98 Å². The number of rotatable bonds is 13. The zero-order valence-corrected chi connectivity index (χ0v) is 39.7. The molecular weight excluding hydrogens is 865 g/mol. The highest BCUT2D eigenvalue weighted by Crippen LogP contribution is 2.85. The van der Waals surface area contributed by atoms with Crippen LogP contribution in [0.15, 0.2) is 24.2 Å². The van der Waals surface area contributed by atoms with Crippen LogP contribution < -0.4 is 11.1 Å². The number of carboxylic acid groups (broad SMARTS) is 1. The van der Waals surface area contributed by atoms with Gasteiger partial charge >= 0.3 is 5.97 Å². The Balaban J connectivity index is 1.21. The van der Waals surface area contributed by atoms with E-state index < -0.39 is 124 Å². The number of amides is 1. The number of carboxylic acids is 1. The fourth-order valence-electron chi connectivity index (χ4n) is 17.8. The molecule has 13 N–H and O–H groups in total. The molecule has 0 radical (unpaired) electrons. The Bertz CT molecular complexity index is 2040. The molecule has 2 aliphatic heterocycles. The predicted octanol–water partition coefficient (Wildman–Crippen LogP) is 2.05. The van der Waals surface area contributed by atoms with Gasteiger partial charge < -0.3 is 71.5 Å². The molecule has 7 fully saturated rings. The molecule has 8 aliphatic rings. The van der Waals surface area contributed by atoms with Gasteiger partial charge in [0, 0.05) is 35.9 Å². The molecule has 2 saturated heterocycles. The predicted molar refractivity (Wildman–Crippen MR) is 241 cm³/mol. The summed E-state index contributed by atoms with van der Waals surface area (Å²) in [4.78, 5) is 35.2. The van der Waals surface area contributed by atoms with Crippen LogP contribution in [0.2, 0.25) is 0 Å². The smallest absolute Gasteiger partial charge is 0.310 e. The quantitative estimate of drug-likeness (QED) is 0.0766. The van der Waals surface area contributed by atoms with Crippen molar-refractivity contribution in [1.82, 2.24) is 15.3 Å². The maximum absolute atomic E-state index is 14.1. The van der Waals surface area contributed by atoms with Gasteiger partial charge in [0.15, 0.2) is 6.29 Å². The lowest BCUT2D eigenvalue weighted by molar-refractivity contribution is -0.358. The van der Waals surface area contributed by atoms with Crippen molar-refractivity contribution in [3.63, 3.8) is 0 Å². The van der Waals surface area contributed by atoms with Gasteiger partial charge in [-0.15, -0.1) is 0 Å². The van der Waals surface area contributed by atoms with E-state index >= 15 is 0 Å². The lowest BCUT2D eigenvalue weighted by atomic mass is 9.24. The highest BCUT2D eigenvalue weighted by molar-refractivity contribution is 5.82. The van der Waals surface area contributed by atoms with Crippen LogP contribution in [0.3, 0.4) is 0 Å². The summed E-state index contributed by atoms with van der Waals surface area (Å²) in [6, 6.07) is -0.582. The first kappa shape index (κ1) is 49.4. The van der Waals surface area contributed by atoms with Crippen molar-refractivity contribution in [1.29, 1.82) is 0 Å². The second kappa shape index (κ2) is 17.3. The Morgan fingerprint density at radius 3 is 2.37 bits per heavy atom. The maximum Gasteiger partial charge on any atom is 0.310 e. The number of carbonyl (C=O) groups excluding carboxylic acids is 1. The number of aromatic nitrogens is 2. The Hall–Kier alpha value is -2.55. The number of fused-ring (bicyclic) bond motifs is 3. The Morgan fingerprint density at radius 1 is 0.970 bits per heavy atom. The van der Waals surface area contributed by atoms with Gasteiger partial charge in [-0.2, -0.15) is 0 Å². The third-order valence-corrected chi connectivity index (χ3v) is 21.4. The number of hydrogen-bond donors (Lipinski definition) is 12. The summed E-state index contributed by atoms with van der Waals surface area (Å²) < 4.78 is 12.5. The van der Waals surface area contributed by atoms with E-state index in [4.69, 9.17) is 15.2 Å². The van der Waals surface area contributed by atoms with Gasteiger partial charge in [0.2, 0.25) is 5.91 Å². The van der Waals surface area contributed by atoms with Gasteiger partial charge in [0.25, 0.3) is 0 Å². The van der Waals surface area contributed by atoms with Crippen molar-refractivity contribution < 1.29 is 65.0 Å². The van der Waals surface area contributed by atoms with Gasteiger partial charge in [-0.3, -0.25) is 9.59 Å². The second-order valence-electron chi connectivity index (χ2n) is 23.8. The molecular formula is C50H78N4O13. The number of imidazole rings is 1. The third-order valence-electron chi connectivity index (χ3n) is 21.4. The van der Waals surface area contributed by atoms with E-state index in [-0.39, 0.29) is 49.2 Å². The van der Waals surface area contributed by atoms with E-state index in [0.29, 0.717) is 51.4 Å². The summed E-state index contributed by atoms with van der Waals surface area (Å²) in [5, 5.41) is 104. The SMILES string of the molecule is CC1(CO)CCC2(C(=O)O)CCC34CCCC5(CC=C3C2C1)C1(C)C(CC2C(CO)C(=O)NC2C(CCC(N)O)c2cnc[nH]2)C(O)C(OC2OCC(O)C(O)C2O)C(C)(CO)C1CCC45C. The number of nitrogens with one attached hydrogen (secondary N) is 2. The summed E-state index contributed by atoms with van der Waals surface area (Å²) >= 11 is 0. The molecule has 376 valence electrons. The lowest BCUT2D eigenvalue weighted by Gasteiger charge is -2.80. The van der Waals surface area contributed by atoms with Crippen molar-refractivity contribution in [2.45, 2.75) is 173 Å². The molecule has 17 nitrogen and oxygen atoms in total. The van der Waals surface area contributed by atoms with E-state index in [1.165, 1.54) is 5.57 Å². The average molecular weight is 943 g/mol. The van der Waals surface area contributed by atoms with Crippen LogP contribution in [0.5, 0.6) is 0 Å². The summed E-state index contributed by atoms with van der Waals surface area (Å²) in [7, 11) is 0. The first-order valence-corrected chi connectivity index (χ1v) is 25.2. The zero-order valence-electron chi connectivity index (χ0n) is 39.7. The van der Waals surface area contributed by atoms with E-state index in [1.807, 2.05) is 6.92 Å². The van der Waals surface area contributed by atoms with Crippen LogP contribution >= 0.6 is 0 Å². The lowest BCUT2D eigenvalue weighted by Crippen LogP contribution is -2.77.